The zero-order valence-electron chi connectivity index (χ0n) is 15.6. The smallest absolute Gasteiger partial charge is 0.225 e. The summed E-state index contributed by atoms with van der Waals surface area (Å²) in [4.78, 5) is 15.0. The van der Waals surface area contributed by atoms with Gasteiger partial charge < -0.3 is 14.2 Å². The van der Waals surface area contributed by atoms with Crippen LogP contribution in [0.3, 0.4) is 0 Å². The van der Waals surface area contributed by atoms with Gasteiger partial charge in [-0.3, -0.25) is 4.79 Å². The predicted octanol–water partition coefficient (Wildman–Crippen LogP) is 2.84. The molecule has 0 aromatic carbocycles. The summed E-state index contributed by atoms with van der Waals surface area (Å²) in [6.07, 6.45) is 6.40. The Morgan fingerprint density at radius 3 is 2.68 bits per heavy atom. The van der Waals surface area contributed by atoms with Crippen LogP contribution in [0.4, 0.5) is 0 Å². The Balaban J connectivity index is 1.62. The number of likely N-dealkylation sites (tertiary alicyclic amines) is 1. The molecule has 0 spiro atoms. The number of carbonyl (C=O) groups is 1. The molecule has 1 amide bonds. The van der Waals surface area contributed by atoms with Crippen LogP contribution in [-0.2, 0) is 16.6 Å². The molecule has 0 radical (unpaired) electrons. The molecule has 25 heavy (non-hydrogen) atoms. The molecule has 1 aliphatic heterocycles. The summed E-state index contributed by atoms with van der Waals surface area (Å²) in [5.74, 6) is 2.83. The molecule has 1 saturated heterocycles. The summed E-state index contributed by atoms with van der Waals surface area (Å²) in [5, 5.41) is 9.71. The van der Waals surface area contributed by atoms with Crippen molar-refractivity contribution in [3.05, 3.63) is 5.82 Å². The van der Waals surface area contributed by atoms with Gasteiger partial charge in [0.05, 0.1) is 6.10 Å². The molecule has 0 bridgehead atoms. The zero-order chi connectivity index (χ0) is 17.8. The van der Waals surface area contributed by atoms with E-state index in [0.29, 0.717) is 17.9 Å². The van der Waals surface area contributed by atoms with Crippen molar-refractivity contribution in [1.82, 2.24) is 19.7 Å². The van der Waals surface area contributed by atoms with Crippen LogP contribution in [0.25, 0.3) is 0 Å². The molecule has 140 valence electrons. The highest BCUT2D eigenvalue weighted by Gasteiger charge is 2.33. The summed E-state index contributed by atoms with van der Waals surface area (Å²) in [5.41, 5.74) is 0. The van der Waals surface area contributed by atoms with E-state index in [2.05, 4.69) is 26.6 Å². The average molecular weight is 367 g/mol. The molecule has 1 aromatic heterocycles. The number of piperidine rings is 1. The highest BCUT2D eigenvalue weighted by atomic mass is 32.2. The molecular weight excluding hydrogens is 336 g/mol. The molecule has 7 heteroatoms. The van der Waals surface area contributed by atoms with E-state index < -0.39 is 0 Å². The number of methoxy groups -OCH3 is 1. The number of aromatic nitrogens is 3. The first-order valence-electron chi connectivity index (χ1n) is 9.47. The Morgan fingerprint density at radius 1 is 1.24 bits per heavy atom. The number of ether oxygens (including phenoxy) is 1. The molecule has 0 N–H and O–H groups in total. The fourth-order valence-electron chi connectivity index (χ4n) is 4.13. The quantitative estimate of drug-likeness (QED) is 0.750. The molecule has 1 aliphatic carbocycles. The van der Waals surface area contributed by atoms with Gasteiger partial charge in [0.2, 0.25) is 5.91 Å². The maximum absolute atomic E-state index is 13.0. The lowest BCUT2D eigenvalue weighted by Crippen LogP contribution is -2.44. The zero-order valence-corrected chi connectivity index (χ0v) is 16.4. The summed E-state index contributed by atoms with van der Waals surface area (Å²) in [6.45, 7) is 3.79. The van der Waals surface area contributed by atoms with Crippen molar-refractivity contribution in [2.24, 2.45) is 13.0 Å². The SMILES string of the molecule is CCSc1nnc(C2CCCN(C(=O)C3CCC(OC)CC3)C2)n1C. The first-order valence-corrected chi connectivity index (χ1v) is 10.5. The second-order valence-electron chi connectivity index (χ2n) is 7.17. The minimum Gasteiger partial charge on any atom is -0.381 e. The molecule has 1 aromatic rings. The number of rotatable bonds is 5. The van der Waals surface area contributed by atoms with Gasteiger partial charge in [0.15, 0.2) is 5.16 Å². The summed E-state index contributed by atoms with van der Waals surface area (Å²) >= 11 is 1.72. The Hall–Kier alpha value is -1.08. The monoisotopic (exact) mass is 366 g/mol. The lowest BCUT2D eigenvalue weighted by atomic mass is 9.85. The van der Waals surface area contributed by atoms with Crippen LogP contribution >= 0.6 is 11.8 Å². The number of hydrogen-bond donors (Lipinski definition) is 0. The Bertz CT molecular complexity index is 584. The van der Waals surface area contributed by atoms with Crippen LogP contribution in [0.2, 0.25) is 0 Å². The van der Waals surface area contributed by atoms with Crippen LogP contribution in [0.15, 0.2) is 5.16 Å². The van der Waals surface area contributed by atoms with Gasteiger partial charge in [-0.05, 0) is 44.3 Å². The maximum Gasteiger partial charge on any atom is 0.225 e. The molecule has 1 saturated carbocycles. The van der Waals surface area contributed by atoms with Crippen LogP contribution in [0, 0.1) is 5.92 Å². The normalized spacial score (nSPS) is 27.5. The Labute approximate surface area is 154 Å². The van der Waals surface area contributed by atoms with E-state index in [1.54, 1.807) is 18.9 Å². The number of carbonyl (C=O) groups excluding carboxylic acids is 1. The van der Waals surface area contributed by atoms with Crippen molar-refractivity contribution in [2.45, 2.75) is 62.6 Å². The van der Waals surface area contributed by atoms with E-state index >= 15 is 0 Å². The van der Waals surface area contributed by atoms with Gasteiger partial charge in [-0.2, -0.15) is 0 Å². The van der Waals surface area contributed by atoms with Crippen molar-refractivity contribution in [3.63, 3.8) is 0 Å². The lowest BCUT2D eigenvalue weighted by Gasteiger charge is -2.36. The first-order chi connectivity index (χ1) is 12.1. The number of hydrogen-bond acceptors (Lipinski definition) is 5. The predicted molar refractivity (Wildman–Crippen MR) is 98.7 cm³/mol. The number of amides is 1. The summed E-state index contributed by atoms with van der Waals surface area (Å²) in [7, 11) is 3.81. The van der Waals surface area contributed by atoms with Crippen LogP contribution < -0.4 is 0 Å². The average Bonchev–Trinajstić information content (AvgIpc) is 3.02. The van der Waals surface area contributed by atoms with Crippen LogP contribution in [0.5, 0.6) is 0 Å². The van der Waals surface area contributed by atoms with Crippen LogP contribution in [-0.4, -0.2) is 57.6 Å². The second-order valence-corrected chi connectivity index (χ2v) is 8.40. The largest absolute Gasteiger partial charge is 0.381 e. The van der Waals surface area contributed by atoms with Crippen molar-refractivity contribution in [1.29, 1.82) is 0 Å². The van der Waals surface area contributed by atoms with E-state index in [1.165, 1.54) is 0 Å². The molecule has 2 heterocycles. The minimum absolute atomic E-state index is 0.177. The van der Waals surface area contributed by atoms with E-state index in [9.17, 15) is 4.79 Å². The van der Waals surface area contributed by atoms with E-state index in [4.69, 9.17) is 4.74 Å². The Kier molecular flexibility index (Phi) is 6.39. The van der Waals surface area contributed by atoms with Crippen molar-refractivity contribution in [2.75, 3.05) is 26.0 Å². The van der Waals surface area contributed by atoms with Gasteiger partial charge >= 0.3 is 0 Å². The van der Waals surface area contributed by atoms with Gasteiger partial charge in [-0.1, -0.05) is 18.7 Å². The van der Waals surface area contributed by atoms with Crippen molar-refractivity contribution < 1.29 is 9.53 Å². The first kappa shape index (κ1) is 18.7. The van der Waals surface area contributed by atoms with E-state index in [1.807, 2.05) is 7.05 Å². The molecular formula is C18H30N4O2S. The van der Waals surface area contributed by atoms with Gasteiger partial charge in [-0.15, -0.1) is 10.2 Å². The fraction of sp³-hybridized carbons (Fsp3) is 0.833. The lowest BCUT2D eigenvalue weighted by molar-refractivity contribution is -0.138. The van der Waals surface area contributed by atoms with E-state index in [0.717, 1.165) is 68.3 Å². The second kappa shape index (κ2) is 8.54. The topological polar surface area (TPSA) is 60.3 Å². The molecule has 3 rings (SSSR count). The number of nitrogens with zero attached hydrogens (tertiary/aromatic N) is 4. The maximum atomic E-state index is 13.0. The third-order valence-corrected chi connectivity index (χ3v) is 6.50. The van der Waals surface area contributed by atoms with Crippen LogP contribution in [0.1, 0.15) is 57.2 Å². The third kappa shape index (κ3) is 4.19. The van der Waals surface area contributed by atoms with Gasteiger partial charge in [0.1, 0.15) is 5.82 Å². The molecule has 1 unspecified atom stereocenters. The minimum atomic E-state index is 0.177. The van der Waals surface area contributed by atoms with Gasteiger partial charge in [0.25, 0.3) is 0 Å². The molecule has 6 nitrogen and oxygen atoms in total. The van der Waals surface area contributed by atoms with Crippen molar-refractivity contribution in [3.8, 4) is 0 Å². The summed E-state index contributed by atoms with van der Waals surface area (Å²) < 4.78 is 7.54. The molecule has 2 fully saturated rings. The molecule has 1 atom stereocenters. The third-order valence-electron chi connectivity index (χ3n) is 5.60. The van der Waals surface area contributed by atoms with E-state index in [-0.39, 0.29) is 5.92 Å². The summed E-state index contributed by atoms with van der Waals surface area (Å²) in [6, 6.07) is 0. The highest BCUT2D eigenvalue weighted by Crippen LogP contribution is 2.32. The number of thioether (sulfide) groups is 1. The van der Waals surface area contributed by atoms with Crippen molar-refractivity contribution >= 4 is 17.7 Å². The fourth-order valence-corrected chi connectivity index (χ4v) is 4.77. The van der Waals surface area contributed by atoms with Gasteiger partial charge in [0, 0.05) is 39.1 Å². The molecule has 2 aliphatic rings. The Morgan fingerprint density at radius 2 is 2.00 bits per heavy atom. The standard InChI is InChI=1S/C18H30N4O2S/c1-4-25-18-20-19-16(21(18)2)14-6-5-11-22(12-14)17(23)13-7-9-15(24-3)10-8-13/h13-15H,4-12H2,1-3H3. The van der Waals surface area contributed by atoms with Gasteiger partial charge in [-0.25, -0.2) is 0 Å². The highest BCUT2D eigenvalue weighted by molar-refractivity contribution is 7.99.